The van der Waals surface area contributed by atoms with Crippen molar-refractivity contribution in [3.8, 4) is 5.75 Å². The normalized spacial score (nSPS) is 20.4. The van der Waals surface area contributed by atoms with E-state index >= 15 is 0 Å². The number of nitrogens with one attached hydrogen (secondary N) is 1. The Morgan fingerprint density at radius 2 is 2.26 bits per heavy atom. The third-order valence-corrected chi connectivity index (χ3v) is 3.67. The van der Waals surface area contributed by atoms with Gasteiger partial charge in [-0.25, -0.2) is 0 Å². The molecular weight excluding hydrogens is 289 g/mol. The molecule has 0 bridgehead atoms. The molecule has 2 rings (SSSR count). The number of piperazine rings is 1. The highest BCUT2D eigenvalue weighted by molar-refractivity contribution is 6.35. The summed E-state index contributed by atoms with van der Waals surface area (Å²) in [7, 11) is 0. The van der Waals surface area contributed by atoms with Crippen LogP contribution in [-0.2, 0) is 11.3 Å². The van der Waals surface area contributed by atoms with Crippen LogP contribution in [-0.4, -0.2) is 41.6 Å². The molecule has 0 aromatic heterocycles. The molecule has 1 saturated heterocycles. The van der Waals surface area contributed by atoms with Crippen molar-refractivity contribution in [1.29, 1.82) is 0 Å². The van der Waals surface area contributed by atoms with E-state index in [2.05, 4.69) is 5.32 Å². The predicted octanol–water partition coefficient (Wildman–Crippen LogP) is 0.958. The lowest BCUT2D eigenvalue weighted by Crippen LogP contribution is -2.56. The quantitative estimate of drug-likeness (QED) is 0.777. The van der Waals surface area contributed by atoms with Gasteiger partial charge in [-0.15, -0.1) is 0 Å². The van der Waals surface area contributed by atoms with Gasteiger partial charge in [0, 0.05) is 36.8 Å². The summed E-state index contributed by atoms with van der Waals surface area (Å²) in [5.41, 5.74) is 5.96. The van der Waals surface area contributed by atoms with E-state index in [-0.39, 0.29) is 16.7 Å². The Morgan fingerprint density at radius 3 is 2.95 bits per heavy atom. The van der Waals surface area contributed by atoms with Crippen molar-refractivity contribution in [3.63, 3.8) is 0 Å². The number of amides is 1. The lowest BCUT2D eigenvalue weighted by Gasteiger charge is -2.34. The first-order chi connectivity index (χ1) is 8.99. The van der Waals surface area contributed by atoms with Crippen LogP contribution in [0.3, 0.4) is 0 Å². The fraction of sp³-hybridized carbons (Fsp3) is 0.417. The molecule has 7 heteroatoms. The van der Waals surface area contributed by atoms with Crippen molar-refractivity contribution in [2.75, 3.05) is 19.6 Å². The number of phenolic OH excluding ortho intramolecular Hbond substituents is 1. The Labute approximate surface area is 121 Å². The number of carbonyl (C=O) groups excluding carboxylic acids is 1. The Bertz CT molecular complexity index is 496. The van der Waals surface area contributed by atoms with Gasteiger partial charge in [-0.1, -0.05) is 23.2 Å². The van der Waals surface area contributed by atoms with Crippen LogP contribution in [0.15, 0.2) is 12.1 Å². The topological polar surface area (TPSA) is 78.6 Å². The third kappa shape index (κ3) is 3.30. The first kappa shape index (κ1) is 14.4. The van der Waals surface area contributed by atoms with Crippen LogP contribution in [0.1, 0.15) is 5.56 Å². The molecule has 1 unspecified atom stereocenters. The van der Waals surface area contributed by atoms with Crippen molar-refractivity contribution in [1.82, 2.24) is 10.2 Å². The second-order valence-corrected chi connectivity index (χ2v) is 5.33. The van der Waals surface area contributed by atoms with Gasteiger partial charge in [0.25, 0.3) is 0 Å². The zero-order valence-electron chi connectivity index (χ0n) is 10.2. The minimum absolute atomic E-state index is 0.00665. The Kier molecular flexibility index (Phi) is 4.52. The molecule has 1 aliphatic heterocycles. The van der Waals surface area contributed by atoms with Gasteiger partial charge < -0.3 is 16.2 Å². The molecule has 1 aromatic carbocycles. The highest BCUT2D eigenvalue weighted by Crippen LogP contribution is 2.32. The maximum absolute atomic E-state index is 11.4. The summed E-state index contributed by atoms with van der Waals surface area (Å²) in [5.74, 6) is -0.396. The number of aromatic hydroxyl groups is 1. The summed E-state index contributed by atoms with van der Waals surface area (Å²) in [6, 6.07) is 2.72. The van der Waals surface area contributed by atoms with Crippen LogP contribution >= 0.6 is 23.2 Å². The van der Waals surface area contributed by atoms with Gasteiger partial charge in [0.2, 0.25) is 5.91 Å². The minimum Gasteiger partial charge on any atom is -0.506 e. The number of rotatable bonds is 3. The number of hydrogen-bond acceptors (Lipinski definition) is 4. The molecule has 19 heavy (non-hydrogen) atoms. The number of nitrogens with two attached hydrogens (primary N) is 1. The van der Waals surface area contributed by atoms with E-state index < -0.39 is 6.04 Å². The van der Waals surface area contributed by atoms with E-state index in [0.717, 1.165) is 6.54 Å². The van der Waals surface area contributed by atoms with E-state index in [1.807, 2.05) is 4.90 Å². The highest BCUT2D eigenvalue weighted by atomic mass is 35.5. The molecule has 1 aromatic rings. The summed E-state index contributed by atoms with van der Waals surface area (Å²) in [5, 5.41) is 13.7. The summed E-state index contributed by atoms with van der Waals surface area (Å²) in [6.07, 6.45) is 0. The van der Waals surface area contributed by atoms with Crippen molar-refractivity contribution in [2.45, 2.75) is 12.6 Å². The molecule has 4 N–H and O–H groups in total. The van der Waals surface area contributed by atoms with E-state index in [1.165, 1.54) is 6.07 Å². The van der Waals surface area contributed by atoms with Crippen molar-refractivity contribution in [3.05, 3.63) is 27.7 Å². The summed E-state index contributed by atoms with van der Waals surface area (Å²) in [4.78, 5) is 13.3. The van der Waals surface area contributed by atoms with E-state index in [0.29, 0.717) is 30.2 Å². The van der Waals surface area contributed by atoms with Gasteiger partial charge in [-0.05, 0) is 12.1 Å². The molecule has 104 valence electrons. The maximum Gasteiger partial charge on any atom is 0.236 e. The van der Waals surface area contributed by atoms with Gasteiger partial charge in [-0.3, -0.25) is 9.69 Å². The SMILES string of the molecule is NC(=O)C1CNCCN1Cc1cc(Cl)cc(Cl)c1O. The van der Waals surface area contributed by atoms with Crippen molar-refractivity contribution >= 4 is 29.1 Å². The van der Waals surface area contributed by atoms with Crippen molar-refractivity contribution in [2.24, 2.45) is 5.73 Å². The van der Waals surface area contributed by atoms with Crippen LogP contribution in [0.2, 0.25) is 10.0 Å². The van der Waals surface area contributed by atoms with Gasteiger partial charge >= 0.3 is 0 Å². The number of phenols is 1. The molecule has 0 saturated carbocycles. The highest BCUT2D eigenvalue weighted by Gasteiger charge is 2.27. The number of hydrogen-bond donors (Lipinski definition) is 3. The average Bonchev–Trinajstić information content (AvgIpc) is 2.35. The first-order valence-corrected chi connectivity index (χ1v) is 6.65. The third-order valence-electron chi connectivity index (χ3n) is 3.16. The molecule has 0 radical (unpaired) electrons. The van der Waals surface area contributed by atoms with Gasteiger partial charge in [0.15, 0.2) is 0 Å². The molecule has 1 amide bonds. The largest absolute Gasteiger partial charge is 0.506 e. The first-order valence-electron chi connectivity index (χ1n) is 5.90. The van der Waals surface area contributed by atoms with Gasteiger partial charge in [0.1, 0.15) is 11.8 Å². The molecular formula is C12H15Cl2N3O2. The lowest BCUT2D eigenvalue weighted by molar-refractivity contribution is -0.124. The molecule has 1 fully saturated rings. The Balaban J connectivity index is 2.22. The fourth-order valence-electron chi connectivity index (χ4n) is 2.17. The van der Waals surface area contributed by atoms with Crippen LogP contribution in [0.25, 0.3) is 0 Å². The fourth-order valence-corrected chi connectivity index (χ4v) is 2.71. The zero-order valence-corrected chi connectivity index (χ0v) is 11.7. The number of halogens is 2. The Morgan fingerprint density at radius 1 is 1.53 bits per heavy atom. The van der Waals surface area contributed by atoms with Gasteiger partial charge in [0.05, 0.1) is 5.02 Å². The van der Waals surface area contributed by atoms with Gasteiger partial charge in [-0.2, -0.15) is 0 Å². The average molecular weight is 304 g/mol. The van der Waals surface area contributed by atoms with E-state index in [1.54, 1.807) is 6.07 Å². The smallest absolute Gasteiger partial charge is 0.236 e. The standard InChI is InChI=1S/C12H15Cl2N3O2/c13-8-3-7(11(18)9(14)4-8)6-17-2-1-16-5-10(17)12(15)19/h3-4,10,16,18H,1-2,5-6H2,(H2,15,19). The number of carbonyl (C=O) groups is 1. The number of benzene rings is 1. The molecule has 0 aliphatic carbocycles. The predicted molar refractivity (Wildman–Crippen MR) is 74.4 cm³/mol. The molecule has 1 aliphatic rings. The Hall–Kier alpha value is -1.01. The monoisotopic (exact) mass is 303 g/mol. The summed E-state index contributed by atoms with van der Waals surface area (Å²) >= 11 is 11.8. The second kappa shape index (κ2) is 5.96. The number of primary amides is 1. The van der Waals surface area contributed by atoms with E-state index in [4.69, 9.17) is 28.9 Å². The van der Waals surface area contributed by atoms with Crippen LogP contribution in [0, 0.1) is 0 Å². The van der Waals surface area contributed by atoms with Crippen LogP contribution < -0.4 is 11.1 Å². The summed E-state index contributed by atoms with van der Waals surface area (Å²) in [6.45, 7) is 2.31. The molecule has 5 nitrogen and oxygen atoms in total. The van der Waals surface area contributed by atoms with Crippen LogP contribution in [0.5, 0.6) is 5.75 Å². The lowest BCUT2D eigenvalue weighted by atomic mass is 10.1. The molecule has 1 heterocycles. The maximum atomic E-state index is 11.4. The summed E-state index contributed by atoms with van der Waals surface area (Å²) < 4.78 is 0. The zero-order chi connectivity index (χ0) is 14.0. The second-order valence-electron chi connectivity index (χ2n) is 4.49. The van der Waals surface area contributed by atoms with Crippen molar-refractivity contribution < 1.29 is 9.90 Å². The van der Waals surface area contributed by atoms with E-state index in [9.17, 15) is 9.90 Å². The van der Waals surface area contributed by atoms with Crippen LogP contribution in [0.4, 0.5) is 0 Å². The molecule has 0 spiro atoms. The number of nitrogens with zero attached hydrogens (tertiary/aromatic N) is 1. The molecule has 1 atom stereocenters. The minimum atomic E-state index is -0.397.